The Balaban J connectivity index is 2.60. The van der Waals surface area contributed by atoms with Gasteiger partial charge < -0.3 is 9.47 Å². The number of ether oxygens (including phenoxy) is 2. The van der Waals surface area contributed by atoms with E-state index in [0.717, 1.165) is 4.47 Å². The standard InChI is InChI=1S/C11H11BrO4/c1-15-11(14)4-5-16-10-3-2-9(12)6-8(10)7-13/h2-3,6-7H,4-5H2,1H3. The monoisotopic (exact) mass is 286 g/mol. The van der Waals surface area contributed by atoms with Crippen molar-refractivity contribution >= 4 is 28.2 Å². The first-order chi connectivity index (χ1) is 7.67. The molecular weight excluding hydrogens is 276 g/mol. The fraction of sp³-hybridized carbons (Fsp3) is 0.273. The average Bonchev–Trinajstić information content (AvgIpc) is 2.30. The van der Waals surface area contributed by atoms with E-state index in [1.807, 2.05) is 0 Å². The lowest BCUT2D eigenvalue weighted by atomic mass is 10.2. The zero-order valence-corrected chi connectivity index (χ0v) is 10.3. The first-order valence-corrected chi connectivity index (χ1v) is 5.41. The zero-order valence-electron chi connectivity index (χ0n) is 8.73. The second-order valence-electron chi connectivity index (χ2n) is 2.97. The highest BCUT2D eigenvalue weighted by Gasteiger charge is 2.05. The fourth-order valence-corrected chi connectivity index (χ4v) is 1.47. The molecule has 0 atom stereocenters. The predicted molar refractivity (Wildman–Crippen MR) is 61.7 cm³/mol. The summed E-state index contributed by atoms with van der Waals surface area (Å²) in [6.45, 7) is 0.190. The minimum atomic E-state index is -0.343. The minimum Gasteiger partial charge on any atom is -0.492 e. The van der Waals surface area contributed by atoms with Crippen molar-refractivity contribution in [1.29, 1.82) is 0 Å². The highest BCUT2D eigenvalue weighted by molar-refractivity contribution is 9.10. The SMILES string of the molecule is COC(=O)CCOc1ccc(Br)cc1C=O. The van der Waals surface area contributed by atoms with Gasteiger partial charge in [0.2, 0.25) is 0 Å². The summed E-state index contributed by atoms with van der Waals surface area (Å²) in [7, 11) is 1.32. The maximum Gasteiger partial charge on any atom is 0.308 e. The van der Waals surface area contributed by atoms with Gasteiger partial charge in [0.25, 0.3) is 0 Å². The van der Waals surface area contributed by atoms with Crippen LogP contribution in [0.15, 0.2) is 22.7 Å². The van der Waals surface area contributed by atoms with Gasteiger partial charge >= 0.3 is 5.97 Å². The molecule has 0 aromatic heterocycles. The molecule has 0 aliphatic rings. The van der Waals surface area contributed by atoms with Crippen molar-refractivity contribution in [3.05, 3.63) is 28.2 Å². The molecule has 0 bridgehead atoms. The lowest BCUT2D eigenvalue weighted by Gasteiger charge is -2.07. The Morgan fingerprint density at radius 2 is 2.25 bits per heavy atom. The summed E-state index contributed by atoms with van der Waals surface area (Å²) in [5.74, 6) is 0.117. The van der Waals surface area contributed by atoms with Crippen LogP contribution in [0.4, 0.5) is 0 Å². The van der Waals surface area contributed by atoms with Crippen molar-refractivity contribution in [2.24, 2.45) is 0 Å². The van der Waals surface area contributed by atoms with Gasteiger partial charge in [-0.2, -0.15) is 0 Å². The van der Waals surface area contributed by atoms with Crippen LogP contribution in [-0.4, -0.2) is 26.0 Å². The molecule has 0 amide bonds. The fourth-order valence-electron chi connectivity index (χ4n) is 1.09. The van der Waals surface area contributed by atoms with E-state index in [9.17, 15) is 9.59 Å². The number of halogens is 1. The van der Waals surface area contributed by atoms with Crippen LogP contribution >= 0.6 is 15.9 Å². The van der Waals surface area contributed by atoms with E-state index in [2.05, 4.69) is 20.7 Å². The maximum atomic E-state index is 10.8. The van der Waals surface area contributed by atoms with Gasteiger partial charge in [0, 0.05) is 4.47 Å². The van der Waals surface area contributed by atoms with E-state index < -0.39 is 0 Å². The summed E-state index contributed by atoms with van der Waals surface area (Å²) in [5, 5.41) is 0. The predicted octanol–water partition coefficient (Wildman–Crippen LogP) is 2.20. The summed E-state index contributed by atoms with van der Waals surface area (Å²) in [6, 6.07) is 5.09. The van der Waals surface area contributed by atoms with Crippen LogP contribution in [0, 0.1) is 0 Å². The number of hydrogen-bond donors (Lipinski definition) is 0. The molecule has 0 spiro atoms. The second kappa shape index (κ2) is 6.27. The molecule has 0 N–H and O–H groups in total. The van der Waals surface area contributed by atoms with Crippen molar-refractivity contribution in [3.8, 4) is 5.75 Å². The van der Waals surface area contributed by atoms with Gasteiger partial charge in [-0.1, -0.05) is 15.9 Å². The van der Waals surface area contributed by atoms with Crippen molar-refractivity contribution in [3.63, 3.8) is 0 Å². The third kappa shape index (κ3) is 3.66. The van der Waals surface area contributed by atoms with Crippen LogP contribution in [0.5, 0.6) is 5.75 Å². The van der Waals surface area contributed by atoms with Crippen molar-refractivity contribution in [1.82, 2.24) is 0 Å². The van der Waals surface area contributed by atoms with Gasteiger partial charge in [-0.05, 0) is 18.2 Å². The number of methoxy groups -OCH3 is 1. The Labute approximate surface area is 102 Å². The van der Waals surface area contributed by atoms with Crippen LogP contribution in [0.25, 0.3) is 0 Å². The molecule has 0 heterocycles. The summed E-state index contributed by atoms with van der Waals surface area (Å²) in [6.07, 6.45) is 0.864. The molecule has 0 fully saturated rings. The Kier molecular flexibility index (Phi) is 4.98. The molecule has 1 aromatic rings. The van der Waals surface area contributed by atoms with Crippen molar-refractivity contribution < 1.29 is 19.1 Å². The van der Waals surface area contributed by atoms with Crippen LogP contribution in [-0.2, 0) is 9.53 Å². The van der Waals surface area contributed by atoms with E-state index >= 15 is 0 Å². The summed E-state index contributed by atoms with van der Waals surface area (Å²) >= 11 is 3.25. The number of rotatable bonds is 5. The van der Waals surface area contributed by atoms with Crippen LogP contribution < -0.4 is 4.74 Å². The molecule has 0 radical (unpaired) electrons. The largest absolute Gasteiger partial charge is 0.492 e. The number of carbonyl (C=O) groups is 2. The van der Waals surface area contributed by atoms with E-state index in [4.69, 9.17) is 4.74 Å². The third-order valence-electron chi connectivity index (χ3n) is 1.89. The molecule has 0 unspecified atom stereocenters. The molecule has 1 rings (SSSR count). The molecule has 0 aliphatic heterocycles. The molecule has 0 aliphatic carbocycles. The lowest BCUT2D eigenvalue weighted by Crippen LogP contribution is -2.08. The second-order valence-corrected chi connectivity index (χ2v) is 3.89. The van der Waals surface area contributed by atoms with E-state index in [1.54, 1.807) is 18.2 Å². The molecule has 4 nitrogen and oxygen atoms in total. The number of carbonyl (C=O) groups excluding carboxylic acids is 2. The first-order valence-electron chi connectivity index (χ1n) is 4.61. The van der Waals surface area contributed by atoms with Gasteiger partial charge in [0.05, 0.1) is 25.7 Å². The Morgan fingerprint density at radius 3 is 2.88 bits per heavy atom. The van der Waals surface area contributed by atoms with Crippen LogP contribution in [0.3, 0.4) is 0 Å². The molecule has 0 saturated carbocycles. The molecule has 5 heteroatoms. The number of esters is 1. The van der Waals surface area contributed by atoms with E-state index in [1.165, 1.54) is 7.11 Å². The normalized spacial score (nSPS) is 9.62. The quantitative estimate of drug-likeness (QED) is 0.615. The van der Waals surface area contributed by atoms with Crippen molar-refractivity contribution in [2.75, 3.05) is 13.7 Å². The van der Waals surface area contributed by atoms with Gasteiger partial charge in [0.1, 0.15) is 5.75 Å². The highest BCUT2D eigenvalue weighted by Crippen LogP contribution is 2.21. The molecule has 86 valence electrons. The van der Waals surface area contributed by atoms with Gasteiger partial charge in [-0.3, -0.25) is 9.59 Å². The van der Waals surface area contributed by atoms with Gasteiger partial charge in [-0.25, -0.2) is 0 Å². The third-order valence-corrected chi connectivity index (χ3v) is 2.38. The number of benzene rings is 1. The minimum absolute atomic E-state index is 0.158. The molecular formula is C11H11BrO4. The van der Waals surface area contributed by atoms with Crippen LogP contribution in [0.1, 0.15) is 16.8 Å². The Hall–Kier alpha value is -1.36. The Morgan fingerprint density at radius 1 is 1.50 bits per heavy atom. The first kappa shape index (κ1) is 12.7. The summed E-state index contributed by atoms with van der Waals surface area (Å²) < 4.78 is 10.6. The summed E-state index contributed by atoms with van der Waals surface area (Å²) in [5.41, 5.74) is 0.444. The van der Waals surface area contributed by atoms with E-state index in [0.29, 0.717) is 17.6 Å². The topological polar surface area (TPSA) is 52.6 Å². The highest BCUT2D eigenvalue weighted by atomic mass is 79.9. The molecule has 1 aromatic carbocycles. The smallest absolute Gasteiger partial charge is 0.308 e. The number of hydrogen-bond acceptors (Lipinski definition) is 4. The average molecular weight is 287 g/mol. The van der Waals surface area contributed by atoms with E-state index in [-0.39, 0.29) is 19.0 Å². The van der Waals surface area contributed by atoms with Gasteiger partial charge in [0.15, 0.2) is 6.29 Å². The van der Waals surface area contributed by atoms with Crippen LogP contribution in [0.2, 0.25) is 0 Å². The molecule has 16 heavy (non-hydrogen) atoms. The zero-order chi connectivity index (χ0) is 12.0. The maximum absolute atomic E-state index is 10.8. The Bertz CT molecular complexity index is 390. The van der Waals surface area contributed by atoms with Gasteiger partial charge in [-0.15, -0.1) is 0 Å². The van der Waals surface area contributed by atoms with Crippen molar-refractivity contribution in [2.45, 2.75) is 6.42 Å². The number of aldehydes is 1. The summed E-state index contributed by atoms with van der Waals surface area (Å²) in [4.78, 5) is 21.6. The lowest BCUT2D eigenvalue weighted by molar-refractivity contribution is -0.141. The molecule has 0 saturated heterocycles.